The van der Waals surface area contributed by atoms with E-state index in [4.69, 9.17) is 9.47 Å². The van der Waals surface area contributed by atoms with Crippen LogP contribution in [0.25, 0.3) is 0 Å². The molecule has 0 N–H and O–H groups in total. The van der Waals surface area contributed by atoms with Crippen LogP contribution in [0.15, 0.2) is 48.6 Å². The smallest absolute Gasteiger partial charge is 0.422 e. The Labute approximate surface area is 237 Å². The number of rotatable bonds is 12. The maximum atomic E-state index is 14.4. The molecule has 0 radical (unpaired) electrons. The zero-order chi connectivity index (χ0) is 28.5. The van der Waals surface area contributed by atoms with Crippen molar-refractivity contribution in [1.82, 2.24) is 0 Å². The number of alkyl halides is 3. The molecule has 0 amide bonds. The number of unbranched alkanes of at least 4 members (excludes halogenated alkanes) is 1. The van der Waals surface area contributed by atoms with Crippen molar-refractivity contribution >= 4 is 0 Å². The van der Waals surface area contributed by atoms with E-state index in [1.165, 1.54) is 69.4 Å². The van der Waals surface area contributed by atoms with E-state index in [0.29, 0.717) is 18.8 Å². The molecule has 40 heavy (non-hydrogen) atoms. The zero-order valence-corrected chi connectivity index (χ0v) is 23.9. The van der Waals surface area contributed by atoms with Crippen LogP contribution in [0.5, 0.6) is 11.5 Å². The molecule has 0 saturated heterocycles. The Bertz CT molecular complexity index is 1080. The lowest BCUT2D eigenvalue weighted by atomic mass is 9.70. The highest BCUT2D eigenvalue weighted by Gasteiger charge is 2.39. The molecular formula is C34H44F4O2. The molecule has 0 aromatic heterocycles. The van der Waals surface area contributed by atoms with Crippen LogP contribution in [0, 0.1) is 23.6 Å². The summed E-state index contributed by atoms with van der Waals surface area (Å²) in [4.78, 5) is 0. The van der Waals surface area contributed by atoms with Crippen molar-refractivity contribution in [3.8, 4) is 11.5 Å². The van der Waals surface area contributed by atoms with Crippen molar-refractivity contribution in [2.75, 3.05) is 13.2 Å². The standard InChI is InChI=1S/C34H44F4O2/c1-3-5-7-24-9-13-26(14-10-24)28-17-19-29(20-18-28)27-15-11-25(12-16-27)8-6-23-40-30-21-22-31(39-4-2)33(35)32(30)34(36,37)38/h9,11-13,15-16,21-22,24,26,28-29H,3-8,10,14,17-20,23H2,1-2H3. The predicted octanol–water partition coefficient (Wildman–Crippen LogP) is 10.3. The van der Waals surface area contributed by atoms with E-state index in [0.717, 1.165) is 29.4 Å². The van der Waals surface area contributed by atoms with Gasteiger partial charge in [-0.1, -0.05) is 56.2 Å². The molecule has 2 atom stereocenters. The number of halogens is 4. The minimum atomic E-state index is -4.87. The molecule has 4 rings (SSSR count). The summed E-state index contributed by atoms with van der Waals surface area (Å²) in [5.41, 5.74) is 1.10. The predicted molar refractivity (Wildman–Crippen MR) is 152 cm³/mol. The van der Waals surface area contributed by atoms with Crippen LogP contribution in [-0.2, 0) is 12.6 Å². The molecule has 2 aromatic rings. The molecule has 1 saturated carbocycles. The van der Waals surface area contributed by atoms with Crippen molar-refractivity contribution in [2.45, 2.75) is 96.6 Å². The molecule has 2 aliphatic rings. The van der Waals surface area contributed by atoms with Gasteiger partial charge in [0.1, 0.15) is 11.3 Å². The summed E-state index contributed by atoms with van der Waals surface area (Å²) in [6.07, 6.45) is 13.1. The van der Waals surface area contributed by atoms with E-state index in [1.54, 1.807) is 6.92 Å². The average Bonchev–Trinajstić information content (AvgIpc) is 2.96. The van der Waals surface area contributed by atoms with Crippen molar-refractivity contribution in [1.29, 1.82) is 0 Å². The zero-order valence-electron chi connectivity index (χ0n) is 23.9. The average molecular weight is 561 g/mol. The van der Waals surface area contributed by atoms with Crippen LogP contribution in [0.3, 0.4) is 0 Å². The maximum absolute atomic E-state index is 14.4. The number of hydrogen-bond acceptors (Lipinski definition) is 2. The Hall–Kier alpha value is -2.50. The molecule has 1 fully saturated rings. The van der Waals surface area contributed by atoms with Gasteiger partial charge in [0.15, 0.2) is 11.6 Å². The van der Waals surface area contributed by atoms with Crippen LogP contribution in [0.2, 0.25) is 0 Å². The normalized spacial score (nSPS) is 23.2. The minimum Gasteiger partial charge on any atom is -0.493 e. The molecular weight excluding hydrogens is 516 g/mol. The number of aryl methyl sites for hydroxylation is 1. The van der Waals surface area contributed by atoms with E-state index in [-0.39, 0.29) is 13.2 Å². The largest absolute Gasteiger partial charge is 0.493 e. The van der Waals surface area contributed by atoms with Gasteiger partial charge in [0, 0.05) is 0 Å². The van der Waals surface area contributed by atoms with Crippen molar-refractivity contribution in [3.63, 3.8) is 0 Å². The summed E-state index contributed by atoms with van der Waals surface area (Å²) in [5, 5.41) is 0. The monoisotopic (exact) mass is 560 g/mol. The summed E-state index contributed by atoms with van der Waals surface area (Å²) in [6.45, 7) is 4.00. The van der Waals surface area contributed by atoms with Crippen LogP contribution < -0.4 is 9.47 Å². The van der Waals surface area contributed by atoms with E-state index in [2.05, 4.69) is 43.3 Å². The Kier molecular flexibility index (Phi) is 11.0. The summed E-state index contributed by atoms with van der Waals surface area (Å²) in [5.74, 6) is 0.633. The van der Waals surface area contributed by atoms with Gasteiger partial charge < -0.3 is 9.47 Å². The molecule has 0 aliphatic heterocycles. The highest BCUT2D eigenvalue weighted by molar-refractivity contribution is 5.44. The highest BCUT2D eigenvalue weighted by Crippen LogP contribution is 2.43. The topological polar surface area (TPSA) is 18.5 Å². The fraction of sp³-hybridized carbons (Fsp3) is 0.588. The summed E-state index contributed by atoms with van der Waals surface area (Å²) in [6, 6.07) is 11.0. The Morgan fingerprint density at radius 1 is 0.800 bits per heavy atom. The Morgan fingerprint density at radius 2 is 1.52 bits per heavy atom. The molecule has 2 aliphatic carbocycles. The summed E-state index contributed by atoms with van der Waals surface area (Å²) in [7, 11) is 0. The van der Waals surface area contributed by atoms with Crippen molar-refractivity contribution < 1.29 is 27.0 Å². The van der Waals surface area contributed by atoms with Crippen LogP contribution in [0.1, 0.15) is 101 Å². The van der Waals surface area contributed by atoms with E-state index in [1.807, 2.05) is 0 Å². The number of ether oxygens (including phenoxy) is 2. The summed E-state index contributed by atoms with van der Waals surface area (Å²) >= 11 is 0. The first-order valence-corrected chi connectivity index (χ1v) is 15.2. The first-order valence-electron chi connectivity index (χ1n) is 15.2. The third-order valence-electron chi connectivity index (χ3n) is 8.78. The number of benzene rings is 2. The third kappa shape index (κ3) is 8.04. The SMILES string of the molecule is CCCCC1C=CC(C2CCC(c3ccc(CCCOc4ccc(OCC)c(F)c4C(F)(F)F)cc3)CC2)CC1. The summed E-state index contributed by atoms with van der Waals surface area (Å²) < 4.78 is 65.2. The van der Waals surface area contributed by atoms with Gasteiger partial charge in [0.05, 0.1) is 13.2 Å². The second-order valence-corrected chi connectivity index (χ2v) is 11.5. The van der Waals surface area contributed by atoms with Gasteiger partial charge in [-0.15, -0.1) is 0 Å². The van der Waals surface area contributed by atoms with Crippen LogP contribution in [-0.4, -0.2) is 13.2 Å². The lowest BCUT2D eigenvalue weighted by molar-refractivity contribution is -0.141. The van der Waals surface area contributed by atoms with Gasteiger partial charge in [-0.05, 0) is 112 Å². The van der Waals surface area contributed by atoms with E-state index in [9.17, 15) is 17.6 Å². The second-order valence-electron chi connectivity index (χ2n) is 11.5. The van der Waals surface area contributed by atoms with Gasteiger partial charge in [-0.2, -0.15) is 13.2 Å². The molecule has 0 bridgehead atoms. The fourth-order valence-electron chi connectivity index (χ4n) is 6.48. The van der Waals surface area contributed by atoms with Crippen LogP contribution in [0.4, 0.5) is 17.6 Å². The fourth-order valence-corrected chi connectivity index (χ4v) is 6.48. The molecule has 0 spiro atoms. The highest BCUT2D eigenvalue weighted by atomic mass is 19.4. The van der Waals surface area contributed by atoms with Crippen molar-refractivity contribution in [3.05, 3.63) is 71.1 Å². The molecule has 2 unspecified atom stereocenters. The number of allylic oxidation sites excluding steroid dienone is 2. The quantitative estimate of drug-likeness (QED) is 0.146. The maximum Gasteiger partial charge on any atom is 0.422 e. The van der Waals surface area contributed by atoms with Gasteiger partial charge >= 0.3 is 6.18 Å². The molecule has 6 heteroatoms. The first-order chi connectivity index (χ1) is 19.3. The molecule has 0 heterocycles. The Morgan fingerprint density at radius 3 is 2.15 bits per heavy atom. The molecule has 2 nitrogen and oxygen atoms in total. The van der Waals surface area contributed by atoms with Crippen LogP contribution >= 0.6 is 0 Å². The number of hydrogen-bond donors (Lipinski definition) is 0. The lowest BCUT2D eigenvalue weighted by Crippen LogP contribution is -2.22. The van der Waals surface area contributed by atoms with E-state index < -0.39 is 29.1 Å². The van der Waals surface area contributed by atoms with Gasteiger partial charge in [-0.25, -0.2) is 4.39 Å². The first kappa shape index (κ1) is 30.5. The minimum absolute atomic E-state index is 0.0667. The van der Waals surface area contributed by atoms with E-state index >= 15 is 0 Å². The van der Waals surface area contributed by atoms with Gasteiger partial charge in [-0.3, -0.25) is 0 Å². The van der Waals surface area contributed by atoms with Gasteiger partial charge in [0.2, 0.25) is 0 Å². The second kappa shape index (κ2) is 14.4. The third-order valence-corrected chi connectivity index (χ3v) is 8.78. The molecule has 2 aromatic carbocycles. The molecule has 220 valence electrons. The lowest BCUT2D eigenvalue weighted by Gasteiger charge is -2.35. The van der Waals surface area contributed by atoms with Crippen molar-refractivity contribution in [2.24, 2.45) is 17.8 Å². The Balaban J connectivity index is 1.22. The van der Waals surface area contributed by atoms with Gasteiger partial charge in [0.25, 0.3) is 0 Å².